The Morgan fingerprint density at radius 3 is 2.86 bits per heavy atom. The number of aliphatic hydroxyl groups is 1. The fraction of sp³-hybridized carbons (Fsp3) is 0.625. The number of carbonyl (C=O) groups is 1. The Morgan fingerprint density at radius 1 is 1.43 bits per heavy atom. The van der Waals surface area contributed by atoms with Gasteiger partial charge in [0.2, 0.25) is 5.91 Å². The summed E-state index contributed by atoms with van der Waals surface area (Å²) in [6.45, 7) is 5.55. The monoisotopic (exact) mass is 291 g/mol. The number of piperidine rings is 1. The van der Waals surface area contributed by atoms with Crippen LogP contribution in [0.5, 0.6) is 0 Å². The Balaban J connectivity index is 1.58. The van der Waals surface area contributed by atoms with Gasteiger partial charge in [-0.15, -0.1) is 0 Å². The van der Waals surface area contributed by atoms with Crippen molar-refractivity contribution in [1.82, 2.24) is 15.2 Å². The Hall–Kier alpha value is -1.46. The number of aryl methyl sites for hydroxylation is 1. The van der Waals surface area contributed by atoms with E-state index in [9.17, 15) is 9.90 Å². The second-order valence-electron chi connectivity index (χ2n) is 5.76. The first-order valence-electron chi connectivity index (χ1n) is 7.72. The van der Waals surface area contributed by atoms with E-state index in [0.717, 1.165) is 50.2 Å². The van der Waals surface area contributed by atoms with Crippen LogP contribution >= 0.6 is 0 Å². The minimum absolute atomic E-state index is 0.0507. The van der Waals surface area contributed by atoms with E-state index >= 15 is 0 Å². The predicted octanol–water partition coefficient (Wildman–Crippen LogP) is 0.896. The predicted molar refractivity (Wildman–Crippen MR) is 82.0 cm³/mol. The van der Waals surface area contributed by atoms with Crippen LogP contribution in [0.2, 0.25) is 0 Å². The molecule has 0 aliphatic carbocycles. The number of nitrogens with one attached hydrogen (secondary N) is 1. The molecule has 0 atom stereocenters. The third-order valence-electron chi connectivity index (χ3n) is 3.87. The van der Waals surface area contributed by atoms with Crippen molar-refractivity contribution in [2.24, 2.45) is 0 Å². The highest BCUT2D eigenvalue weighted by Gasteiger charge is 2.16. The van der Waals surface area contributed by atoms with E-state index in [0.29, 0.717) is 13.0 Å². The van der Waals surface area contributed by atoms with Crippen molar-refractivity contribution in [3.8, 4) is 0 Å². The molecule has 0 unspecified atom stereocenters. The zero-order valence-corrected chi connectivity index (χ0v) is 12.7. The molecule has 1 aromatic heterocycles. The molecule has 0 radical (unpaired) electrons. The second-order valence-corrected chi connectivity index (χ2v) is 5.76. The number of hydrogen-bond donors (Lipinski definition) is 2. The zero-order chi connectivity index (χ0) is 15.1. The molecule has 2 heterocycles. The summed E-state index contributed by atoms with van der Waals surface area (Å²) >= 11 is 0. The van der Waals surface area contributed by atoms with Gasteiger partial charge in [-0.3, -0.25) is 9.78 Å². The first-order chi connectivity index (χ1) is 10.1. The van der Waals surface area contributed by atoms with Crippen LogP contribution < -0.4 is 5.32 Å². The van der Waals surface area contributed by atoms with E-state index in [4.69, 9.17) is 0 Å². The van der Waals surface area contributed by atoms with Gasteiger partial charge >= 0.3 is 0 Å². The molecular weight excluding hydrogens is 266 g/mol. The first kappa shape index (κ1) is 15.9. The SMILES string of the molecule is Cc1ccc(CC(=O)NCCCN2CCC(O)CC2)cn1. The van der Waals surface area contributed by atoms with Gasteiger partial charge in [-0.05, 0) is 44.4 Å². The standard InChI is InChI=1S/C16H25N3O2/c1-13-3-4-14(12-18-13)11-16(21)17-7-2-8-19-9-5-15(20)6-10-19/h3-4,12,15,20H,2,5-11H2,1H3,(H,17,21). The Labute approximate surface area is 126 Å². The van der Waals surface area contributed by atoms with Gasteiger partial charge in [-0.25, -0.2) is 0 Å². The second kappa shape index (κ2) is 8.10. The van der Waals surface area contributed by atoms with Crippen LogP contribution in [-0.2, 0) is 11.2 Å². The van der Waals surface area contributed by atoms with Crippen LogP contribution in [0.3, 0.4) is 0 Å². The Morgan fingerprint density at radius 2 is 2.19 bits per heavy atom. The van der Waals surface area contributed by atoms with Gasteiger partial charge in [0.15, 0.2) is 0 Å². The summed E-state index contributed by atoms with van der Waals surface area (Å²) < 4.78 is 0. The van der Waals surface area contributed by atoms with E-state index in [1.807, 2.05) is 19.1 Å². The maximum Gasteiger partial charge on any atom is 0.224 e. The Kier molecular flexibility index (Phi) is 6.14. The van der Waals surface area contributed by atoms with Crippen LogP contribution in [0, 0.1) is 6.92 Å². The number of nitrogens with zero attached hydrogens (tertiary/aromatic N) is 2. The van der Waals surface area contributed by atoms with Crippen LogP contribution in [0.15, 0.2) is 18.3 Å². The van der Waals surface area contributed by atoms with E-state index in [2.05, 4.69) is 15.2 Å². The highest BCUT2D eigenvalue weighted by atomic mass is 16.3. The molecule has 1 amide bonds. The lowest BCUT2D eigenvalue weighted by atomic mass is 10.1. The minimum Gasteiger partial charge on any atom is -0.393 e. The van der Waals surface area contributed by atoms with Crippen LogP contribution in [-0.4, -0.2) is 53.2 Å². The molecule has 116 valence electrons. The van der Waals surface area contributed by atoms with Crippen LogP contribution in [0.4, 0.5) is 0 Å². The van der Waals surface area contributed by atoms with Crippen molar-refractivity contribution >= 4 is 5.91 Å². The summed E-state index contributed by atoms with van der Waals surface area (Å²) in [6, 6.07) is 3.87. The fourth-order valence-electron chi connectivity index (χ4n) is 2.52. The van der Waals surface area contributed by atoms with Crippen molar-refractivity contribution in [1.29, 1.82) is 0 Å². The quantitative estimate of drug-likeness (QED) is 0.764. The number of aliphatic hydroxyl groups excluding tert-OH is 1. The number of carbonyl (C=O) groups excluding carboxylic acids is 1. The number of likely N-dealkylation sites (tertiary alicyclic amines) is 1. The smallest absolute Gasteiger partial charge is 0.224 e. The molecule has 1 aliphatic rings. The summed E-state index contributed by atoms with van der Waals surface area (Å²) in [7, 11) is 0. The summed E-state index contributed by atoms with van der Waals surface area (Å²) in [6.07, 6.45) is 4.72. The fourth-order valence-corrected chi connectivity index (χ4v) is 2.52. The highest BCUT2D eigenvalue weighted by molar-refractivity contribution is 5.78. The molecule has 1 aromatic rings. The lowest BCUT2D eigenvalue weighted by molar-refractivity contribution is -0.120. The van der Waals surface area contributed by atoms with Gasteiger partial charge in [0, 0.05) is 31.5 Å². The van der Waals surface area contributed by atoms with Gasteiger partial charge in [0.1, 0.15) is 0 Å². The molecule has 5 nitrogen and oxygen atoms in total. The van der Waals surface area contributed by atoms with Crippen molar-refractivity contribution in [3.05, 3.63) is 29.6 Å². The average Bonchev–Trinajstić information content (AvgIpc) is 2.48. The molecule has 0 saturated carbocycles. The van der Waals surface area contributed by atoms with E-state index in [1.54, 1.807) is 6.20 Å². The number of hydrogen-bond acceptors (Lipinski definition) is 4. The third-order valence-corrected chi connectivity index (χ3v) is 3.87. The average molecular weight is 291 g/mol. The van der Waals surface area contributed by atoms with Crippen LogP contribution in [0.1, 0.15) is 30.5 Å². The molecule has 0 bridgehead atoms. The number of amides is 1. The van der Waals surface area contributed by atoms with Crippen LogP contribution in [0.25, 0.3) is 0 Å². The molecule has 1 aliphatic heterocycles. The maximum absolute atomic E-state index is 11.8. The number of aromatic nitrogens is 1. The summed E-state index contributed by atoms with van der Waals surface area (Å²) in [4.78, 5) is 18.3. The topological polar surface area (TPSA) is 65.5 Å². The number of rotatable bonds is 6. The molecule has 2 N–H and O–H groups in total. The van der Waals surface area contributed by atoms with Gasteiger partial charge in [-0.1, -0.05) is 6.07 Å². The molecule has 0 spiro atoms. The molecular formula is C16H25N3O2. The maximum atomic E-state index is 11.8. The Bertz CT molecular complexity index is 439. The van der Waals surface area contributed by atoms with Gasteiger partial charge < -0.3 is 15.3 Å². The molecule has 1 fully saturated rings. The summed E-state index contributed by atoms with van der Waals surface area (Å²) in [5.74, 6) is 0.0507. The van der Waals surface area contributed by atoms with Gasteiger partial charge in [0.05, 0.1) is 12.5 Å². The van der Waals surface area contributed by atoms with Gasteiger partial charge in [-0.2, -0.15) is 0 Å². The first-order valence-corrected chi connectivity index (χ1v) is 7.72. The normalized spacial score (nSPS) is 16.9. The summed E-state index contributed by atoms with van der Waals surface area (Å²) in [5.41, 5.74) is 1.91. The number of pyridine rings is 1. The molecule has 2 rings (SSSR count). The van der Waals surface area contributed by atoms with Gasteiger partial charge in [0.25, 0.3) is 0 Å². The lowest BCUT2D eigenvalue weighted by Gasteiger charge is -2.29. The third kappa shape index (κ3) is 5.81. The molecule has 1 saturated heterocycles. The highest BCUT2D eigenvalue weighted by Crippen LogP contribution is 2.09. The van der Waals surface area contributed by atoms with E-state index in [-0.39, 0.29) is 12.0 Å². The van der Waals surface area contributed by atoms with Crippen molar-refractivity contribution in [2.75, 3.05) is 26.2 Å². The molecule has 0 aromatic carbocycles. The van der Waals surface area contributed by atoms with Crippen molar-refractivity contribution in [3.63, 3.8) is 0 Å². The zero-order valence-electron chi connectivity index (χ0n) is 12.7. The molecule has 21 heavy (non-hydrogen) atoms. The van der Waals surface area contributed by atoms with E-state index in [1.165, 1.54) is 0 Å². The van der Waals surface area contributed by atoms with Crippen molar-refractivity contribution in [2.45, 2.75) is 38.7 Å². The van der Waals surface area contributed by atoms with E-state index < -0.39 is 0 Å². The minimum atomic E-state index is -0.121. The molecule has 5 heteroatoms. The van der Waals surface area contributed by atoms with Crippen molar-refractivity contribution < 1.29 is 9.90 Å². The largest absolute Gasteiger partial charge is 0.393 e. The summed E-state index contributed by atoms with van der Waals surface area (Å²) in [5, 5.41) is 12.4. The lowest BCUT2D eigenvalue weighted by Crippen LogP contribution is -2.37.